The Labute approximate surface area is 175 Å². The van der Waals surface area contributed by atoms with E-state index in [2.05, 4.69) is 19.9 Å². The summed E-state index contributed by atoms with van der Waals surface area (Å²) in [7, 11) is -3.71. The van der Waals surface area contributed by atoms with E-state index in [0.29, 0.717) is 17.0 Å². The van der Waals surface area contributed by atoms with Crippen LogP contribution in [0.25, 0.3) is 0 Å². The van der Waals surface area contributed by atoms with Gasteiger partial charge in [-0.15, -0.1) is 0 Å². The van der Waals surface area contributed by atoms with Crippen molar-refractivity contribution < 1.29 is 17.6 Å². The molecule has 2 aromatic heterocycles. The molecule has 3 heterocycles. The number of sulfonamides is 1. The molecule has 30 heavy (non-hydrogen) atoms. The lowest BCUT2D eigenvalue weighted by atomic mass is 10.2. The molecular weight excluding hydrogens is 404 g/mol. The van der Waals surface area contributed by atoms with Crippen LogP contribution in [0.4, 0.5) is 11.5 Å². The molecule has 0 saturated carbocycles. The molecule has 0 unspecified atom stereocenters. The van der Waals surface area contributed by atoms with Gasteiger partial charge in [-0.1, -0.05) is 0 Å². The van der Waals surface area contributed by atoms with E-state index < -0.39 is 10.0 Å². The first kappa shape index (κ1) is 20.1. The Morgan fingerprint density at radius 2 is 1.83 bits per heavy atom. The molecule has 0 spiro atoms. The monoisotopic (exact) mass is 426 g/mol. The van der Waals surface area contributed by atoms with Gasteiger partial charge < -0.3 is 14.6 Å². The predicted octanol–water partition coefficient (Wildman–Crippen LogP) is 3.01. The Bertz CT molecular complexity index is 1090. The molecule has 1 fully saturated rings. The largest absolute Gasteiger partial charge is 0.468 e. The zero-order chi connectivity index (χ0) is 21.0. The van der Waals surface area contributed by atoms with Crippen LogP contribution in [0.2, 0.25) is 0 Å². The summed E-state index contributed by atoms with van der Waals surface area (Å²) in [6.07, 6.45) is 5.45. The van der Waals surface area contributed by atoms with Gasteiger partial charge in [-0.25, -0.2) is 18.1 Å². The van der Waals surface area contributed by atoms with Crippen LogP contribution in [-0.4, -0.2) is 32.4 Å². The number of hydrogen-bond acceptors (Lipinski definition) is 6. The first-order valence-electron chi connectivity index (χ1n) is 9.66. The molecule has 1 aliphatic rings. The van der Waals surface area contributed by atoms with Gasteiger partial charge in [0.2, 0.25) is 10.0 Å². The number of amides is 1. The molecule has 0 atom stereocenters. The van der Waals surface area contributed by atoms with Gasteiger partial charge in [0.05, 0.1) is 29.6 Å². The molecule has 3 aromatic rings. The molecule has 1 saturated heterocycles. The smallest absolute Gasteiger partial charge is 0.255 e. The van der Waals surface area contributed by atoms with Crippen molar-refractivity contribution >= 4 is 27.4 Å². The van der Waals surface area contributed by atoms with E-state index in [1.807, 2.05) is 12.1 Å². The van der Waals surface area contributed by atoms with Gasteiger partial charge >= 0.3 is 0 Å². The number of pyridine rings is 1. The number of carbonyl (C=O) groups excluding carboxylic acids is 1. The minimum absolute atomic E-state index is 0.0536. The lowest BCUT2D eigenvalue weighted by Crippen LogP contribution is -2.23. The Hall–Kier alpha value is -3.17. The van der Waals surface area contributed by atoms with E-state index in [1.165, 1.54) is 43.4 Å². The van der Waals surface area contributed by atoms with Gasteiger partial charge in [0.1, 0.15) is 11.6 Å². The van der Waals surface area contributed by atoms with Crippen molar-refractivity contribution in [2.45, 2.75) is 24.3 Å². The van der Waals surface area contributed by atoms with Crippen LogP contribution in [0, 0.1) is 0 Å². The number of rotatable bonds is 7. The van der Waals surface area contributed by atoms with E-state index in [-0.39, 0.29) is 17.3 Å². The Kier molecular flexibility index (Phi) is 5.82. The topological polar surface area (TPSA) is 105 Å². The Morgan fingerprint density at radius 1 is 1.07 bits per heavy atom. The summed E-state index contributed by atoms with van der Waals surface area (Å²) in [5.41, 5.74) is 0.934. The first-order valence-corrected chi connectivity index (χ1v) is 11.1. The minimum atomic E-state index is -3.71. The van der Waals surface area contributed by atoms with Crippen LogP contribution in [0.15, 0.2) is 70.3 Å². The maximum atomic E-state index is 12.5. The second-order valence-corrected chi connectivity index (χ2v) is 8.75. The lowest BCUT2D eigenvalue weighted by Gasteiger charge is -2.16. The minimum Gasteiger partial charge on any atom is -0.468 e. The van der Waals surface area contributed by atoms with E-state index in [0.717, 1.165) is 18.9 Å². The van der Waals surface area contributed by atoms with Crippen molar-refractivity contribution in [3.63, 3.8) is 0 Å². The van der Waals surface area contributed by atoms with Crippen molar-refractivity contribution in [1.29, 1.82) is 0 Å². The molecular formula is C21H22N4O4S. The number of carbonyl (C=O) groups is 1. The fraction of sp³-hybridized carbons (Fsp3) is 0.238. The highest BCUT2D eigenvalue weighted by atomic mass is 32.2. The lowest BCUT2D eigenvalue weighted by molar-refractivity contribution is 0.102. The zero-order valence-corrected chi connectivity index (χ0v) is 17.1. The third-order valence-electron chi connectivity index (χ3n) is 4.88. The number of nitrogens with zero attached hydrogens (tertiary/aromatic N) is 2. The second-order valence-electron chi connectivity index (χ2n) is 6.98. The summed E-state index contributed by atoms with van der Waals surface area (Å²) >= 11 is 0. The van der Waals surface area contributed by atoms with Gasteiger partial charge in [0.25, 0.3) is 5.91 Å². The van der Waals surface area contributed by atoms with Gasteiger partial charge in [-0.2, -0.15) is 0 Å². The fourth-order valence-electron chi connectivity index (χ4n) is 3.24. The molecule has 1 aliphatic heterocycles. The van der Waals surface area contributed by atoms with Crippen molar-refractivity contribution in [3.05, 3.63) is 72.3 Å². The number of benzene rings is 1. The molecule has 1 aromatic carbocycles. The van der Waals surface area contributed by atoms with Crippen LogP contribution in [0.1, 0.15) is 29.0 Å². The predicted molar refractivity (Wildman–Crippen MR) is 113 cm³/mol. The quantitative estimate of drug-likeness (QED) is 0.602. The summed E-state index contributed by atoms with van der Waals surface area (Å²) in [6.45, 7) is 2.06. The molecule has 8 nitrogen and oxygen atoms in total. The molecule has 0 aliphatic carbocycles. The SMILES string of the molecule is O=C(Nc1ccc(N2CCCC2)nc1)c1ccc(S(=O)(=O)NCc2ccco2)cc1. The van der Waals surface area contributed by atoms with E-state index in [1.54, 1.807) is 18.3 Å². The molecule has 2 N–H and O–H groups in total. The second kappa shape index (κ2) is 8.68. The van der Waals surface area contributed by atoms with Crippen molar-refractivity contribution in [1.82, 2.24) is 9.71 Å². The molecule has 156 valence electrons. The van der Waals surface area contributed by atoms with Gasteiger partial charge in [-0.3, -0.25) is 4.79 Å². The number of aromatic nitrogens is 1. The van der Waals surface area contributed by atoms with E-state index in [4.69, 9.17) is 4.42 Å². The molecule has 9 heteroatoms. The summed E-state index contributed by atoms with van der Waals surface area (Å²) in [6, 6.07) is 12.8. The average molecular weight is 426 g/mol. The Balaban J connectivity index is 1.37. The maximum absolute atomic E-state index is 12.5. The normalized spacial score (nSPS) is 14.1. The van der Waals surface area contributed by atoms with Crippen LogP contribution < -0.4 is 14.9 Å². The summed E-state index contributed by atoms with van der Waals surface area (Å²) in [5.74, 6) is 1.08. The van der Waals surface area contributed by atoms with Crippen molar-refractivity contribution in [2.75, 3.05) is 23.3 Å². The fourth-order valence-corrected chi connectivity index (χ4v) is 4.24. The highest BCUT2D eigenvalue weighted by Crippen LogP contribution is 2.19. The third-order valence-corrected chi connectivity index (χ3v) is 6.30. The standard InChI is InChI=1S/C21H22N4O4S/c26-21(24-17-7-10-20(22-14-17)25-11-1-2-12-25)16-5-8-19(9-6-16)30(27,28)23-15-18-4-3-13-29-18/h3-10,13-14,23H,1-2,11-12,15H2,(H,24,26). The van der Waals surface area contributed by atoms with Crippen LogP contribution in [0.3, 0.4) is 0 Å². The summed E-state index contributed by atoms with van der Waals surface area (Å²) in [5, 5.41) is 2.78. The zero-order valence-electron chi connectivity index (χ0n) is 16.2. The van der Waals surface area contributed by atoms with Gasteiger partial charge in [0, 0.05) is 18.7 Å². The van der Waals surface area contributed by atoms with E-state index in [9.17, 15) is 13.2 Å². The highest BCUT2D eigenvalue weighted by molar-refractivity contribution is 7.89. The molecule has 1 amide bonds. The average Bonchev–Trinajstić information content (AvgIpc) is 3.47. The van der Waals surface area contributed by atoms with Crippen molar-refractivity contribution in [2.24, 2.45) is 0 Å². The summed E-state index contributed by atoms with van der Waals surface area (Å²) < 4.78 is 32.3. The molecule has 0 bridgehead atoms. The van der Waals surface area contributed by atoms with E-state index >= 15 is 0 Å². The van der Waals surface area contributed by atoms with Crippen LogP contribution in [-0.2, 0) is 16.6 Å². The Morgan fingerprint density at radius 3 is 2.47 bits per heavy atom. The highest BCUT2D eigenvalue weighted by Gasteiger charge is 2.16. The molecule has 4 rings (SSSR count). The number of anilines is 2. The van der Waals surface area contributed by atoms with Gasteiger partial charge in [-0.05, 0) is 61.4 Å². The first-order chi connectivity index (χ1) is 14.5. The molecule has 0 radical (unpaired) electrons. The van der Waals surface area contributed by atoms with Crippen molar-refractivity contribution in [3.8, 4) is 0 Å². The number of nitrogens with one attached hydrogen (secondary N) is 2. The number of furan rings is 1. The number of hydrogen-bond donors (Lipinski definition) is 2. The van der Waals surface area contributed by atoms with Gasteiger partial charge in [0.15, 0.2) is 0 Å². The van der Waals surface area contributed by atoms with Crippen LogP contribution >= 0.6 is 0 Å². The maximum Gasteiger partial charge on any atom is 0.255 e. The van der Waals surface area contributed by atoms with Crippen LogP contribution in [0.5, 0.6) is 0 Å². The summed E-state index contributed by atoms with van der Waals surface area (Å²) in [4.78, 5) is 19.2. The third kappa shape index (κ3) is 4.69.